The second-order valence-corrected chi connectivity index (χ2v) is 4.21. The molecular weight excluding hydrogens is 252 g/mol. The number of unbranched alkanes of at least 4 members (excludes halogenated alkanes) is 2. The number of carboxylic acids is 1. The van der Waals surface area contributed by atoms with Crippen LogP contribution in [0.1, 0.15) is 32.6 Å². The Kier molecular flexibility index (Phi) is 9.42. The fourth-order valence-corrected chi connectivity index (χ4v) is 1.46. The summed E-state index contributed by atoms with van der Waals surface area (Å²) < 4.78 is 4.71. The number of amides is 2. The van der Waals surface area contributed by atoms with Crippen LogP contribution in [0, 0.1) is 0 Å². The van der Waals surface area contributed by atoms with Gasteiger partial charge < -0.3 is 20.5 Å². The molecule has 19 heavy (non-hydrogen) atoms. The summed E-state index contributed by atoms with van der Waals surface area (Å²) in [6.45, 7) is 2.00. The van der Waals surface area contributed by atoms with Crippen LogP contribution in [0.25, 0.3) is 0 Å². The summed E-state index contributed by atoms with van der Waals surface area (Å²) in [6, 6.07) is -1.00. The van der Waals surface area contributed by atoms with Crippen LogP contribution in [-0.2, 0) is 19.1 Å². The Balaban J connectivity index is 3.68. The highest BCUT2D eigenvalue weighted by molar-refractivity contribution is 5.83. The van der Waals surface area contributed by atoms with E-state index in [4.69, 9.17) is 9.84 Å². The van der Waals surface area contributed by atoms with Crippen LogP contribution in [0.15, 0.2) is 0 Å². The van der Waals surface area contributed by atoms with Gasteiger partial charge in [-0.25, -0.2) is 4.79 Å². The summed E-state index contributed by atoms with van der Waals surface area (Å²) >= 11 is 0. The quantitative estimate of drug-likeness (QED) is 0.482. The number of carbonyl (C=O) groups excluding carboxylic acids is 2. The molecule has 7 nitrogen and oxygen atoms in total. The summed E-state index contributed by atoms with van der Waals surface area (Å²) in [5, 5.41) is 13.9. The molecular formula is C12H22N2O5. The van der Waals surface area contributed by atoms with Gasteiger partial charge in [0.1, 0.15) is 0 Å². The van der Waals surface area contributed by atoms with Gasteiger partial charge in [-0.3, -0.25) is 9.59 Å². The number of methoxy groups -OCH3 is 1. The van der Waals surface area contributed by atoms with E-state index in [1.54, 1.807) is 0 Å². The third-order valence-corrected chi connectivity index (χ3v) is 2.42. The molecule has 3 N–H and O–H groups in total. The van der Waals surface area contributed by atoms with Crippen LogP contribution in [0.3, 0.4) is 0 Å². The van der Waals surface area contributed by atoms with E-state index in [1.807, 2.05) is 0 Å². The first-order valence-corrected chi connectivity index (χ1v) is 6.23. The lowest BCUT2D eigenvalue weighted by atomic mass is 10.2. The van der Waals surface area contributed by atoms with Crippen LogP contribution in [-0.4, -0.2) is 49.2 Å². The summed E-state index contributed by atoms with van der Waals surface area (Å²) in [6.07, 6.45) is 2.53. The van der Waals surface area contributed by atoms with Crippen molar-refractivity contribution in [1.29, 1.82) is 0 Å². The van der Waals surface area contributed by atoms with E-state index in [9.17, 15) is 14.4 Å². The van der Waals surface area contributed by atoms with Gasteiger partial charge in [0.25, 0.3) is 0 Å². The number of hydrogen-bond acceptors (Lipinski definition) is 4. The molecule has 0 aromatic carbocycles. The highest BCUT2D eigenvalue weighted by Gasteiger charge is 2.18. The largest absolute Gasteiger partial charge is 0.480 e. The number of aliphatic carboxylic acids is 1. The normalized spacial score (nSPS) is 11.7. The van der Waals surface area contributed by atoms with Crippen molar-refractivity contribution in [2.45, 2.75) is 38.6 Å². The van der Waals surface area contributed by atoms with Crippen molar-refractivity contribution in [2.75, 3.05) is 20.3 Å². The van der Waals surface area contributed by atoms with Crippen molar-refractivity contribution >= 4 is 17.8 Å². The molecule has 0 spiro atoms. The minimum Gasteiger partial charge on any atom is -0.480 e. The summed E-state index contributed by atoms with van der Waals surface area (Å²) in [4.78, 5) is 32.8. The van der Waals surface area contributed by atoms with E-state index in [2.05, 4.69) is 10.6 Å². The van der Waals surface area contributed by atoms with Crippen molar-refractivity contribution in [2.24, 2.45) is 0 Å². The third-order valence-electron chi connectivity index (χ3n) is 2.42. The molecule has 7 heteroatoms. The molecule has 0 saturated heterocycles. The zero-order valence-corrected chi connectivity index (χ0v) is 11.4. The van der Waals surface area contributed by atoms with E-state index in [0.717, 1.165) is 12.8 Å². The number of hydrogen-bond donors (Lipinski definition) is 3. The zero-order valence-electron chi connectivity index (χ0n) is 11.4. The molecule has 0 saturated carbocycles. The molecule has 0 fully saturated rings. The lowest BCUT2D eigenvalue weighted by molar-refractivity contribution is -0.143. The van der Waals surface area contributed by atoms with Crippen molar-refractivity contribution in [3.05, 3.63) is 0 Å². The second kappa shape index (κ2) is 10.3. The van der Waals surface area contributed by atoms with Crippen LogP contribution in [0.4, 0.5) is 0 Å². The highest BCUT2D eigenvalue weighted by atomic mass is 16.5. The number of carbonyl (C=O) groups is 3. The van der Waals surface area contributed by atoms with Gasteiger partial charge >= 0.3 is 5.97 Å². The molecule has 0 aromatic rings. The predicted molar refractivity (Wildman–Crippen MR) is 68.6 cm³/mol. The molecule has 1 atom stereocenters. The third kappa shape index (κ3) is 10.0. The van der Waals surface area contributed by atoms with Gasteiger partial charge in [-0.1, -0.05) is 6.42 Å². The Hall–Kier alpha value is -1.63. The molecule has 0 radical (unpaired) electrons. The monoisotopic (exact) mass is 274 g/mol. The van der Waals surface area contributed by atoms with Gasteiger partial charge in [-0.15, -0.1) is 0 Å². The average molecular weight is 274 g/mol. The van der Waals surface area contributed by atoms with Gasteiger partial charge in [0.05, 0.1) is 6.61 Å². The minimum absolute atomic E-state index is 0.0520. The molecule has 0 aromatic heterocycles. The highest BCUT2D eigenvalue weighted by Crippen LogP contribution is 1.99. The summed E-state index contributed by atoms with van der Waals surface area (Å²) in [5.74, 6) is -1.48. The molecule has 0 heterocycles. The number of carboxylic acid groups (broad SMARTS) is 1. The summed E-state index contributed by atoms with van der Waals surface area (Å²) in [7, 11) is 1.38. The number of rotatable bonds is 10. The first-order valence-electron chi connectivity index (χ1n) is 6.23. The molecule has 0 bridgehead atoms. The average Bonchev–Trinajstić information content (AvgIpc) is 2.32. The van der Waals surface area contributed by atoms with E-state index in [1.165, 1.54) is 14.0 Å². The maximum atomic E-state index is 11.5. The van der Waals surface area contributed by atoms with Crippen LogP contribution in [0.5, 0.6) is 0 Å². The van der Waals surface area contributed by atoms with Crippen molar-refractivity contribution < 1.29 is 24.2 Å². The maximum Gasteiger partial charge on any atom is 0.328 e. The first-order chi connectivity index (χ1) is 8.97. The van der Waals surface area contributed by atoms with Crippen LogP contribution < -0.4 is 10.6 Å². The Morgan fingerprint density at radius 2 is 1.89 bits per heavy atom. The van der Waals surface area contributed by atoms with Crippen molar-refractivity contribution in [1.82, 2.24) is 10.6 Å². The van der Waals surface area contributed by atoms with Gasteiger partial charge in [-0.05, 0) is 12.8 Å². The standard InChI is InChI=1S/C12H22N2O5/c1-9(15)13-7-5-3-4-6-11(16)14-10(8-19-2)12(17)18/h10H,3-8H2,1-2H3,(H,13,15)(H,14,16)(H,17,18). The fraction of sp³-hybridized carbons (Fsp3) is 0.750. The van der Waals surface area contributed by atoms with E-state index < -0.39 is 12.0 Å². The molecule has 2 amide bonds. The SMILES string of the molecule is COCC(NC(=O)CCCCCNC(C)=O)C(=O)O. The predicted octanol–water partition coefficient (Wildman–Crippen LogP) is -0.101. The fourth-order valence-electron chi connectivity index (χ4n) is 1.46. The Morgan fingerprint density at radius 3 is 2.42 bits per heavy atom. The Bertz CT molecular complexity index is 306. The lowest BCUT2D eigenvalue weighted by Crippen LogP contribution is -2.43. The number of ether oxygens (including phenoxy) is 1. The Morgan fingerprint density at radius 1 is 1.21 bits per heavy atom. The smallest absolute Gasteiger partial charge is 0.328 e. The van der Waals surface area contributed by atoms with Gasteiger partial charge in [0.15, 0.2) is 6.04 Å². The second-order valence-electron chi connectivity index (χ2n) is 4.21. The van der Waals surface area contributed by atoms with Crippen LogP contribution >= 0.6 is 0 Å². The van der Waals surface area contributed by atoms with Crippen LogP contribution in [0.2, 0.25) is 0 Å². The van der Waals surface area contributed by atoms with E-state index >= 15 is 0 Å². The van der Waals surface area contributed by atoms with E-state index in [0.29, 0.717) is 13.0 Å². The molecule has 1 unspecified atom stereocenters. The van der Waals surface area contributed by atoms with Gasteiger partial charge in [0, 0.05) is 27.0 Å². The topological polar surface area (TPSA) is 105 Å². The molecule has 110 valence electrons. The van der Waals surface area contributed by atoms with E-state index in [-0.39, 0.29) is 24.8 Å². The lowest BCUT2D eigenvalue weighted by Gasteiger charge is -2.13. The van der Waals surface area contributed by atoms with Crippen molar-refractivity contribution in [3.8, 4) is 0 Å². The summed E-state index contributed by atoms with van der Waals surface area (Å²) in [5.41, 5.74) is 0. The van der Waals surface area contributed by atoms with Crippen molar-refractivity contribution in [3.63, 3.8) is 0 Å². The van der Waals surface area contributed by atoms with Gasteiger partial charge in [-0.2, -0.15) is 0 Å². The number of nitrogens with one attached hydrogen (secondary N) is 2. The molecule has 0 rings (SSSR count). The van der Waals surface area contributed by atoms with Gasteiger partial charge in [0.2, 0.25) is 11.8 Å². The Labute approximate surface area is 112 Å². The molecule has 0 aliphatic rings. The first kappa shape index (κ1) is 17.4. The molecule has 0 aliphatic heterocycles. The molecule has 0 aliphatic carbocycles. The zero-order chi connectivity index (χ0) is 14.7. The maximum absolute atomic E-state index is 11.5. The minimum atomic E-state index is -1.11.